The van der Waals surface area contributed by atoms with E-state index in [9.17, 15) is 0 Å². The van der Waals surface area contributed by atoms with Crippen molar-refractivity contribution in [2.45, 2.75) is 39.7 Å². The van der Waals surface area contributed by atoms with Crippen LogP contribution in [0.15, 0.2) is 6.33 Å². The Kier molecular flexibility index (Phi) is 4.34. The Hall–Kier alpha value is -1.32. The van der Waals surface area contributed by atoms with Gasteiger partial charge in [-0.1, -0.05) is 13.8 Å². The summed E-state index contributed by atoms with van der Waals surface area (Å²) in [5, 5.41) is 3.33. The molecule has 1 N–H and O–H groups in total. The Morgan fingerprint density at radius 2 is 2.00 bits per heavy atom. The molecule has 0 atom stereocenters. The molecule has 0 spiro atoms. The second-order valence-electron chi connectivity index (χ2n) is 3.28. The van der Waals surface area contributed by atoms with E-state index < -0.39 is 0 Å². The molecule has 2 rings (SSSR count). The maximum atomic E-state index is 5.10. The second-order valence-corrected chi connectivity index (χ2v) is 3.28. The fraction of sp³-hybridized carbons (Fsp3) is 0.636. The van der Waals surface area contributed by atoms with E-state index in [2.05, 4.69) is 15.3 Å². The monoisotopic (exact) mass is 209 g/mol. The first-order chi connectivity index (χ1) is 7.31. The molecule has 15 heavy (non-hydrogen) atoms. The van der Waals surface area contributed by atoms with E-state index in [1.165, 1.54) is 19.2 Å². The van der Waals surface area contributed by atoms with Crippen LogP contribution in [-0.4, -0.2) is 23.1 Å². The maximum Gasteiger partial charge on any atom is 0.221 e. The van der Waals surface area contributed by atoms with Gasteiger partial charge in [0.05, 0.1) is 12.7 Å². The van der Waals surface area contributed by atoms with Gasteiger partial charge >= 0.3 is 0 Å². The van der Waals surface area contributed by atoms with Gasteiger partial charge in [0.25, 0.3) is 0 Å². The van der Waals surface area contributed by atoms with Crippen LogP contribution in [-0.2, 0) is 0 Å². The van der Waals surface area contributed by atoms with Crippen LogP contribution in [0.25, 0.3) is 0 Å². The van der Waals surface area contributed by atoms with Crippen LogP contribution < -0.4 is 10.1 Å². The molecule has 4 nitrogen and oxygen atoms in total. The highest BCUT2D eigenvalue weighted by Gasteiger charge is 2.22. The third-order valence-corrected chi connectivity index (χ3v) is 2.15. The Balaban J connectivity index is 0.000000531. The number of nitrogens with one attached hydrogen (secondary N) is 1. The van der Waals surface area contributed by atoms with Crippen LogP contribution in [0.2, 0.25) is 0 Å². The van der Waals surface area contributed by atoms with Gasteiger partial charge in [-0.15, -0.1) is 0 Å². The lowest BCUT2D eigenvalue weighted by molar-refractivity contribution is 0.393. The van der Waals surface area contributed by atoms with Crippen LogP contribution in [0.1, 0.15) is 32.3 Å². The number of hydrogen-bond acceptors (Lipinski definition) is 4. The minimum atomic E-state index is 0.610. The molecule has 1 saturated carbocycles. The van der Waals surface area contributed by atoms with Gasteiger partial charge in [0.2, 0.25) is 5.88 Å². The molecule has 1 fully saturated rings. The molecule has 84 valence electrons. The Morgan fingerprint density at radius 3 is 2.53 bits per heavy atom. The average molecular weight is 209 g/mol. The van der Waals surface area contributed by atoms with Gasteiger partial charge in [-0.3, -0.25) is 0 Å². The fourth-order valence-corrected chi connectivity index (χ4v) is 1.21. The van der Waals surface area contributed by atoms with Gasteiger partial charge in [0, 0.05) is 6.04 Å². The van der Waals surface area contributed by atoms with Crippen LogP contribution >= 0.6 is 0 Å². The number of nitrogens with zero attached hydrogens (tertiary/aromatic N) is 2. The van der Waals surface area contributed by atoms with E-state index in [1.54, 1.807) is 7.11 Å². The molecule has 0 radical (unpaired) electrons. The maximum absolute atomic E-state index is 5.10. The summed E-state index contributed by atoms with van der Waals surface area (Å²) in [6, 6.07) is 0.610. The number of hydrogen-bond donors (Lipinski definition) is 1. The Labute approximate surface area is 91.1 Å². The normalized spacial score (nSPS) is 13.9. The average Bonchev–Trinajstić information content (AvgIpc) is 3.08. The molecular weight excluding hydrogens is 190 g/mol. The summed E-state index contributed by atoms with van der Waals surface area (Å²) in [6.45, 7) is 5.96. The lowest BCUT2D eigenvalue weighted by Gasteiger charge is -2.08. The number of anilines is 1. The van der Waals surface area contributed by atoms with E-state index in [-0.39, 0.29) is 0 Å². The molecule has 0 amide bonds. The predicted octanol–water partition coefficient (Wildman–Crippen LogP) is 2.39. The standard InChI is InChI=1S/C9H13N3O.C2H6/c1-6-8(12-7-3-4-7)10-5-11-9(6)13-2;1-2/h5,7H,3-4H2,1-2H3,(H,10,11,12);1-2H3. The van der Waals surface area contributed by atoms with Crippen molar-refractivity contribution in [3.63, 3.8) is 0 Å². The highest BCUT2D eigenvalue weighted by molar-refractivity contribution is 5.48. The molecule has 0 aromatic carbocycles. The van der Waals surface area contributed by atoms with Gasteiger partial charge in [0.1, 0.15) is 12.1 Å². The minimum Gasteiger partial charge on any atom is -0.481 e. The van der Waals surface area contributed by atoms with Crippen molar-refractivity contribution in [3.05, 3.63) is 11.9 Å². The summed E-state index contributed by atoms with van der Waals surface area (Å²) in [5.41, 5.74) is 0.983. The Bertz CT molecular complexity index is 311. The molecule has 0 saturated heterocycles. The van der Waals surface area contributed by atoms with E-state index in [0.29, 0.717) is 11.9 Å². The zero-order chi connectivity index (χ0) is 11.3. The fourth-order valence-electron chi connectivity index (χ4n) is 1.21. The highest BCUT2D eigenvalue weighted by atomic mass is 16.5. The van der Waals surface area contributed by atoms with E-state index in [1.807, 2.05) is 20.8 Å². The second kappa shape index (κ2) is 5.53. The van der Waals surface area contributed by atoms with Gasteiger partial charge in [-0.2, -0.15) is 0 Å². The first-order valence-electron chi connectivity index (χ1n) is 5.43. The van der Waals surface area contributed by atoms with Gasteiger partial charge in [0.15, 0.2) is 0 Å². The van der Waals surface area contributed by atoms with E-state index in [0.717, 1.165) is 11.4 Å². The van der Waals surface area contributed by atoms with Crippen LogP contribution in [0.3, 0.4) is 0 Å². The zero-order valence-corrected chi connectivity index (χ0v) is 9.87. The topological polar surface area (TPSA) is 47.0 Å². The van der Waals surface area contributed by atoms with Gasteiger partial charge in [-0.05, 0) is 19.8 Å². The summed E-state index contributed by atoms with van der Waals surface area (Å²) >= 11 is 0. The largest absolute Gasteiger partial charge is 0.481 e. The van der Waals surface area contributed by atoms with E-state index in [4.69, 9.17) is 4.74 Å². The lowest BCUT2D eigenvalue weighted by atomic mass is 10.3. The molecule has 1 aliphatic rings. The van der Waals surface area contributed by atoms with Crippen LogP contribution in [0, 0.1) is 6.92 Å². The quantitative estimate of drug-likeness (QED) is 0.830. The summed E-state index contributed by atoms with van der Waals surface area (Å²) in [5.74, 6) is 1.55. The van der Waals surface area contributed by atoms with Gasteiger partial charge < -0.3 is 10.1 Å². The first kappa shape index (κ1) is 11.8. The lowest BCUT2D eigenvalue weighted by Crippen LogP contribution is -2.06. The number of ether oxygens (including phenoxy) is 1. The summed E-state index contributed by atoms with van der Waals surface area (Å²) in [7, 11) is 1.62. The predicted molar refractivity (Wildman–Crippen MR) is 61.3 cm³/mol. The van der Waals surface area contributed by atoms with Crippen LogP contribution in [0.4, 0.5) is 5.82 Å². The summed E-state index contributed by atoms with van der Waals surface area (Å²) in [4.78, 5) is 8.18. The van der Waals surface area contributed by atoms with Crippen molar-refractivity contribution >= 4 is 5.82 Å². The molecule has 1 heterocycles. The third kappa shape index (κ3) is 3.08. The van der Waals surface area contributed by atoms with Gasteiger partial charge in [-0.25, -0.2) is 9.97 Å². The summed E-state index contributed by atoms with van der Waals surface area (Å²) < 4.78 is 5.10. The molecular formula is C11H19N3O. The number of rotatable bonds is 3. The number of methoxy groups -OCH3 is 1. The third-order valence-electron chi connectivity index (χ3n) is 2.15. The molecule has 0 unspecified atom stereocenters. The van der Waals surface area contributed by atoms with Crippen LogP contribution in [0.5, 0.6) is 5.88 Å². The highest BCUT2D eigenvalue weighted by Crippen LogP contribution is 2.27. The molecule has 1 aromatic rings. The molecule has 1 aliphatic carbocycles. The molecule has 1 aromatic heterocycles. The van der Waals surface area contributed by atoms with E-state index >= 15 is 0 Å². The van der Waals surface area contributed by atoms with Crippen molar-refractivity contribution in [1.29, 1.82) is 0 Å². The molecule has 0 aliphatic heterocycles. The molecule has 4 heteroatoms. The van der Waals surface area contributed by atoms with Crippen molar-refractivity contribution in [3.8, 4) is 5.88 Å². The first-order valence-corrected chi connectivity index (χ1v) is 5.43. The number of aromatic nitrogens is 2. The zero-order valence-electron chi connectivity index (χ0n) is 9.87. The SMILES string of the molecule is CC.COc1ncnc(NC2CC2)c1C. The Morgan fingerprint density at radius 1 is 1.33 bits per heavy atom. The van der Waals surface area contributed by atoms with Crippen molar-refractivity contribution in [1.82, 2.24) is 9.97 Å². The molecule has 0 bridgehead atoms. The van der Waals surface area contributed by atoms with Crippen molar-refractivity contribution < 1.29 is 4.74 Å². The minimum absolute atomic E-state index is 0.610. The summed E-state index contributed by atoms with van der Waals surface area (Å²) in [6.07, 6.45) is 4.01. The smallest absolute Gasteiger partial charge is 0.221 e. The van der Waals surface area contributed by atoms with Crippen molar-refractivity contribution in [2.24, 2.45) is 0 Å². The van der Waals surface area contributed by atoms with Crippen molar-refractivity contribution in [2.75, 3.05) is 12.4 Å².